The van der Waals surface area contributed by atoms with E-state index in [2.05, 4.69) is 40.3 Å². The molecular formula is C23H22N2O3. The third kappa shape index (κ3) is 3.25. The molecule has 1 N–H and O–H groups in total. The van der Waals surface area contributed by atoms with Crippen LogP contribution in [-0.4, -0.2) is 29.2 Å². The fourth-order valence-electron chi connectivity index (χ4n) is 3.50. The van der Waals surface area contributed by atoms with Gasteiger partial charge in [0.05, 0.1) is 24.4 Å². The Hall–Kier alpha value is -3.18. The predicted molar refractivity (Wildman–Crippen MR) is 110 cm³/mol. The molecule has 0 spiro atoms. The minimum atomic E-state index is -0.433. The highest BCUT2D eigenvalue weighted by Gasteiger charge is 2.21. The number of nitrogens with one attached hydrogen (secondary N) is 1. The summed E-state index contributed by atoms with van der Waals surface area (Å²) in [6.07, 6.45) is 1.47. The number of ether oxygens (including phenoxy) is 2. The number of fused-ring (bicyclic) bond motifs is 3. The molecular weight excluding hydrogens is 352 g/mol. The Kier molecular flexibility index (Phi) is 4.84. The van der Waals surface area contributed by atoms with Crippen molar-refractivity contribution in [3.8, 4) is 11.1 Å². The number of carbonyl (C=O) groups excluding carboxylic acids is 1. The fourth-order valence-corrected chi connectivity index (χ4v) is 3.50. The van der Waals surface area contributed by atoms with Gasteiger partial charge in [-0.1, -0.05) is 36.4 Å². The molecule has 0 aliphatic carbocycles. The van der Waals surface area contributed by atoms with Gasteiger partial charge < -0.3 is 14.5 Å². The number of nitrogens with zero attached hydrogens (tertiary/aromatic N) is 1. The van der Waals surface area contributed by atoms with Crippen molar-refractivity contribution in [3.05, 3.63) is 66.0 Å². The Morgan fingerprint density at radius 3 is 2.57 bits per heavy atom. The molecule has 2 aromatic carbocycles. The van der Waals surface area contributed by atoms with Crippen LogP contribution in [0.4, 0.5) is 0 Å². The lowest BCUT2D eigenvalue weighted by Crippen LogP contribution is -2.15. The number of pyridine rings is 1. The van der Waals surface area contributed by atoms with Crippen LogP contribution in [0.2, 0.25) is 0 Å². The molecule has 28 heavy (non-hydrogen) atoms. The van der Waals surface area contributed by atoms with Crippen molar-refractivity contribution in [2.24, 2.45) is 0 Å². The number of esters is 1. The lowest BCUT2D eigenvalue weighted by atomic mass is 10.0. The summed E-state index contributed by atoms with van der Waals surface area (Å²) in [6.45, 7) is 3.92. The van der Waals surface area contributed by atoms with Gasteiger partial charge in [0, 0.05) is 29.0 Å². The SMILES string of the molecule is COCc1c(C(=O)OC(C)C)ncc2[nH]c3ccc(-c4ccccc4)cc3c12. The zero-order chi connectivity index (χ0) is 19.7. The number of methoxy groups -OCH3 is 1. The number of benzene rings is 2. The summed E-state index contributed by atoms with van der Waals surface area (Å²) in [5.74, 6) is -0.433. The van der Waals surface area contributed by atoms with Gasteiger partial charge in [-0.25, -0.2) is 9.78 Å². The number of carbonyl (C=O) groups is 1. The first-order valence-corrected chi connectivity index (χ1v) is 9.27. The van der Waals surface area contributed by atoms with Crippen molar-refractivity contribution in [2.75, 3.05) is 7.11 Å². The molecule has 5 heteroatoms. The standard InChI is InChI=1S/C23H22N2O3/c1-14(2)28-23(26)22-18(13-27-3)21-17-11-16(15-7-5-4-6-8-15)9-10-19(17)25-20(21)12-24-22/h4-12,14,25H,13H2,1-3H3. The Bertz CT molecular complexity index is 1150. The molecule has 4 aromatic rings. The fraction of sp³-hybridized carbons (Fsp3) is 0.217. The molecule has 0 aliphatic rings. The maximum Gasteiger partial charge on any atom is 0.357 e. The first kappa shape index (κ1) is 18.2. The number of hydrogen-bond donors (Lipinski definition) is 1. The van der Waals surface area contributed by atoms with Crippen LogP contribution in [-0.2, 0) is 16.1 Å². The molecule has 0 amide bonds. The molecule has 0 atom stereocenters. The molecule has 0 fully saturated rings. The van der Waals surface area contributed by atoms with E-state index < -0.39 is 5.97 Å². The highest BCUT2D eigenvalue weighted by Crippen LogP contribution is 2.33. The van der Waals surface area contributed by atoms with Gasteiger partial charge in [0.1, 0.15) is 0 Å². The normalized spacial score (nSPS) is 11.4. The third-order valence-corrected chi connectivity index (χ3v) is 4.67. The lowest BCUT2D eigenvalue weighted by Gasteiger charge is -2.12. The summed E-state index contributed by atoms with van der Waals surface area (Å²) in [4.78, 5) is 20.4. The van der Waals surface area contributed by atoms with Gasteiger partial charge in [-0.05, 0) is 37.1 Å². The highest BCUT2D eigenvalue weighted by molar-refractivity contribution is 6.12. The van der Waals surface area contributed by atoms with Crippen molar-refractivity contribution in [2.45, 2.75) is 26.6 Å². The molecule has 0 aliphatic heterocycles. The average molecular weight is 374 g/mol. The summed E-state index contributed by atoms with van der Waals surface area (Å²) in [7, 11) is 1.61. The summed E-state index contributed by atoms with van der Waals surface area (Å²) >= 11 is 0. The quantitative estimate of drug-likeness (QED) is 0.494. The van der Waals surface area contributed by atoms with E-state index in [0.717, 1.165) is 38.5 Å². The minimum absolute atomic E-state index is 0.215. The molecule has 2 heterocycles. The van der Waals surface area contributed by atoms with Gasteiger partial charge in [0.2, 0.25) is 0 Å². The van der Waals surface area contributed by atoms with Crippen LogP contribution in [0.15, 0.2) is 54.7 Å². The van der Waals surface area contributed by atoms with Gasteiger partial charge in [0.15, 0.2) is 5.69 Å². The van der Waals surface area contributed by atoms with E-state index in [1.807, 2.05) is 32.0 Å². The second kappa shape index (κ2) is 7.44. The smallest absolute Gasteiger partial charge is 0.357 e. The Balaban J connectivity index is 1.96. The zero-order valence-corrected chi connectivity index (χ0v) is 16.2. The molecule has 0 radical (unpaired) electrons. The summed E-state index contributed by atoms with van der Waals surface area (Å²) in [6, 6.07) is 16.5. The number of H-pyrrole nitrogens is 1. The van der Waals surface area contributed by atoms with Gasteiger partial charge in [-0.2, -0.15) is 0 Å². The lowest BCUT2D eigenvalue weighted by molar-refractivity contribution is 0.0366. The van der Waals surface area contributed by atoms with Crippen molar-refractivity contribution in [1.82, 2.24) is 9.97 Å². The minimum Gasteiger partial charge on any atom is -0.458 e. The monoisotopic (exact) mass is 374 g/mol. The second-order valence-corrected chi connectivity index (χ2v) is 7.01. The van der Waals surface area contributed by atoms with Crippen LogP contribution in [0.3, 0.4) is 0 Å². The van der Waals surface area contributed by atoms with Gasteiger partial charge in [-0.3, -0.25) is 0 Å². The maximum absolute atomic E-state index is 12.6. The van der Waals surface area contributed by atoms with Crippen LogP contribution in [0.1, 0.15) is 29.9 Å². The summed E-state index contributed by atoms with van der Waals surface area (Å²) in [5, 5.41) is 1.98. The molecule has 0 saturated heterocycles. The van der Waals surface area contributed by atoms with E-state index in [1.165, 1.54) is 0 Å². The van der Waals surface area contributed by atoms with Crippen LogP contribution >= 0.6 is 0 Å². The van der Waals surface area contributed by atoms with E-state index in [4.69, 9.17) is 9.47 Å². The Labute approximate surface area is 163 Å². The second-order valence-electron chi connectivity index (χ2n) is 7.01. The molecule has 0 saturated carbocycles. The van der Waals surface area contributed by atoms with Gasteiger partial charge >= 0.3 is 5.97 Å². The average Bonchev–Trinajstić information content (AvgIpc) is 3.06. The number of aromatic amines is 1. The Morgan fingerprint density at radius 1 is 1.07 bits per heavy atom. The largest absolute Gasteiger partial charge is 0.458 e. The topological polar surface area (TPSA) is 64.2 Å². The first-order valence-electron chi connectivity index (χ1n) is 9.27. The molecule has 0 unspecified atom stereocenters. The molecule has 2 aromatic heterocycles. The number of hydrogen-bond acceptors (Lipinski definition) is 4. The number of rotatable bonds is 5. The van der Waals surface area contributed by atoms with Crippen LogP contribution in [0.5, 0.6) is 0 Å². The number of aromatic nitrogens is 2. The summed E-state index contributed by atoms with van der Waals surface area (Å²) in [5.41, 5.74) is 5.15. The Morgan fingerprint density at radius 2 is 1.86 bits per heavy atom. The van der Waals surface area contributed by atoms with Gasteiger partial charge in [0.25, 0.3) is 0 Å². The van der Waals surface area contributed by atoms with Gasteiger partial charge in [-0.15, -0.1) is 0 Å². The van der Waals surface area contributed by atoms with Crippen LogP contribution in [0, 0.1) is 0 Å². The maximum atomic E-state index is 12.6. The van der Waals surface area contributed by atoms with E-state index in [0.29, 0.717) is 5.69 Å². The third-order valence-electron chi connectivity index (χ3n) is 4.67. The molecule has 0 bridgehead atoms. The molecule has 142 valence electrons. The van der Waals surface area contributed by atoms with Crippen molar-refractivity contribution >= 4 is 27.8 Å². The molecule has 5 nitrogen and oxygen atoms in total. The molecule has 4 rings (SSSR count). The van der Waals surface area contributed by atoms with E-state index in [-0.39, 0.29) is 12.7 Å². The van der Waals surface area contributed by atoms with Crippen LogP contribution in [0.25, 0.3) is 32.9 Å². The van der Waals surface area contributed by atoms with E-state index >= 15 is 0 Å². The van der Waals surface area contributed by atoms with Crippen molar-refractivity contribution < 1.29 is 14.3 Å². The van der Waals surface area contributed by atoms with E-state index in [1.54, 1.807) is 13.3 Å². The van der Waals surface area contributed by atoms with Crippen LogP contribution < -0.4 is 0 Å². The summed E-state index contributed by atoms with van der Waals surface area (Å²) < 4.78 is 10.8. The van der Waals surface area contributed by atoms with Crippen molar-refractivity contribution in [3.63, 3.8) is 0 Å². The van der Waals surface area contributed by atoms with Crippen molar-refractivity contribution in [1.29, 1.82) is 0 Å². The highest BCUT2D eigenvalue weighted by atomic mass is 16.5. The zero-order valence-electron chi connectivity index (χ0n) is 16.2. The van der Waals surface area contributed by atoms with E-state index in [9.17, 15) is 4.79 Å². The first-order chi connectivity index (χ1) is 13.6. The predicted octanol–water partition coefficient (Wildman–Crippen LogP) is 5.09.